The fourth-order valence-corrected chi connectivity index (χ4v) is 3.51. The molecule has 0 unspecified atom stereocenters. The molecule has 4 aromatic rings. The van der Waals surface area contributed by atoms with Crippen molar-refractivity contribution in [2.45, 2.75) is 25.3 Å². The van der Waals surface area contributed by atoms with Gasteiger partial charge >= 0.3 is 0 Å². The number of aromatic amines is 1. The van der Waals surface area contributed by atoms with Gasteiger partial charge in [0.1, 0.15) is 17.3 Å². The maximum absolute atomic E-state index is 14.8. The minimum Gasteiger partial charge on any atom is -0.382 e. The van der Waals surface area contributed by atoms with Crippen LogP contribution >= 0.6 is 0 Å². The van der Waals surface area contributed by atoms with Crippen molar-refractivity contribution in [1.29, 1.82) is 0 Å². The Labute approximate surface area is 159 Å². The Morgan fingerprint density at radius 1 is 1.14 bits per heavy atom. The molecule has 8 heteroatoms. The zero-order valence-electron chi connectivity index (χ0n) is 15.2. The number of benzene rings is 1. The van der Waals surface area contributed by atoms with Crippen LogP contribution in [0.25, 0.3) is 33.4 Å². The van der Waals surface area contributed by atoms with Gasteiger partial charge in [-0.25, -0.2) is 8.78 Å². The molecule has 0 amide bonds. The number of rotatable bonds is 4. The minimum absolute atomic E-state index is 0.139. The third kappa shape index (κ3) is 2.81. The Morgan fingerprint density at radius 2 is 1.93 bits per heavy atom. The Balaban J connectivity index is 1.57. The average Bonchev–Trinajstić information content (AvgIpc) is 3.23. The molecule has 1 fully saturated rings. The average molecular weight is 380 g/mol. The summed E-state index contributed by atoms with van der Waals surface area (Å²) in [6.45, 7) is 0. The zero-order valence-corrected chi connectivity index (χ0v) is 15.2. The fraction of sp³-hybridized carbons (Fsp3) is 0.250. The van der Waals surface area contributed by atoms with E-state index >= 15 is 0 Å². The number of hydrogen-bond acceptors (Lipinski definition) is 4. The van der Waals surface area contributed by atoms with Gasteiger partial charge in [0.2, 0.25) is 0 Å². The molecule has 0 radical (unpaired) electrons. The van der Waals surface area contributed by atoms with Crippen molar-refractivity contribution in [2.75, 3.05) is 5.32 Å². The second kappa shape index (κ2) is 6.40. The quantitative estimate of drug-likeness (QED) is 0.555. The Hall–Kier alpha value is -3.29. The van der Waals surface area contributed by atoms with E-state index in [-0.39, 0.29) is 11.3 Å². The molecule has 0 spiro atoms. The van der Waals surface area contributed by atoms with E-state index < -0.39 is 11.6 Å². The van der Waals surface area contributed by atoms with Crippen LogP contribution in [-0.2, 0) is 7.05 Å². The Bertz CT molecular complexity index is 1150. The van der Waals surface area contributed by atoms with E-state index in [2.05, 4.69) is 25.6 Å². The van der Waals surface area contributed by atoms with Crippen LogP contribution in [0.4, 0.5) is 14.5 Å². The van der Waals surface area contributed by atoms with Crippen LogP contribution in [0.3, 0.4) is 0 Å². The van der Waals surface area contributed by atoms with Gasteiger partial charge in [-0.05, 0) is 37.5 Å². The van der Waals surface area contributed by atoms with E-state index in [0.29, 0.717) is 22.9 Å². The lowest BCUT2D eigenvalue weighted by Gasteiger charge is -2.27. The number of aromatic nitrogens is 5. The van der Waals surface area contributed by atoms with E-state index in [0.717, 1.165) is 30.2 Å². The van der Waals surface area contributed by atoms with Crippen LogP contribution in [0, 0.1) is 11.6 Å². The standard InChI is InChI=1S/C20H18F2N6/c1-28-10-11(8-24-28)20-14-7-17(23-9-18(14)26-27-20)19-15(21)5-13(6-16(19)22)25-12-3-2-4-12/h5-10,12,25H,2-4H2,1H3,(H,26,27). The first-order valence-electron chi connectivity index (χ1n) is 9.17. The highest BCUT2D eigenvalue weighted by atomic mass is 19.1. The number of fused-ring (bicyclic) bond motifs is 1. The molecule has 0 atom stereocenters. The van der Waals surface area contributed by atoms with Gasteiger partial charge in [0, 0.05) is 35.9 Å². The summed E-state index contributed by atoms with van der Waals surface area (Å²) in [5.74, 6) is -1.28. The molecule has 1 aliphatic carbocycles. The van der Waals surface area contributed by atoms with Gasteiger partial charge in [0.05, 0.1) is 29.2 Å². The topological polar surface area (TPSA) is 71.4 Å². The van der Waals surface area contributed by atoms with Crippen molar-refractivity contribution in [3.63, 3.8) is 0 Å². The molecule has 0 aliphatic heterocycles. The third-order valence-electron chi connectivity index (χ3n) is 5.20. The Kier molecular flexibility index (Phi) is 3.85. The lowest BCUT2D eigenvalue weighted by molar-refractivity contribution is 0.445. The lowest BCUT2D eigenvalue weighted by Crippen LogP contribution is -2.27. The van der Waals surface area contributed by atoms with Gasteiger partial charge in [-0.15, -0.1) is 0 Å². The highest BCUT2D eigenvalue weighted by Gasteiger charge is 2.21. The van der Waals surface area contributed by atoms with Gasteiger partial charge < -0.3 is 5.32 Å². The number of halogens is 2. The molecule has 2 N–H and O–H groups in total. The van der Waals surface area contributed by atoms with E-state index in [1.807, 2.05) is 13.2 Å². The Morgan fingerprint density at radius 3 is 2.57 bits per heavy atom. The molecule has 142 valence electrons. The first-order valence-corrected chi connectivity index (χ1v) is 9.17. The summed E-state index contributed by atoms with van der Waals surface area (Å²) in [5, 5.41) is 15.3. The molecule has 3 aromatic heterocycles. The van der Waals surface area contributed by atoms with Crippen molar-refractivity contribution in [2.24, 2.45) is 7.05 Å². The first-order chi connectivity index (χ1) is 13.6. The maximum Gasteiger partial charge on any atom is 0.137 e. The number of hydrogen-bond donors (Lipinski definition) is 2. The highest BCUT2D eigenvalue weighted by molar-refractivity contribution is 5.94. The molecular weight excluding hydrogens is 362 g/mol. The monoisotopic (exact) mass is 380 g/mol. The summed E-state index contributed by atoms with van der Waals surface area (Å²) in [4.78, 5) is 4.24. The second-order valence-corrected chi connectivity index (χ2v) is 7.18. The third-order valence-corrected chi connectivity index (χ3v) is 5.20. The molecular formula is C20H18F2N6. The molecule has 6 nitrogen and oxygen atoms in total. The first kappa shape index (κ1) is 16.9. The maximum atomic E-state index is 14.8. The molecule has 28 heavy (non-hydrogen) atoms. The molecule has 3 heterocycles. The zero-order chi connectivity index (χ0) is 19.3. The van der Waals surface area contributed by atoms with Crippen LogP contribution in [-0.4, -0.2) is 31.0 Å². The fourth-order valence-electron chi connectivity index (χ4n) is 3.51. The highest BCUT2D eigenvalue weighted by Crippen LogP contribution is 2.33. The van der Waals surface area contributed by atoms with Crippen molar-refractivity contribution < 1.29 is 8.78 Å². The summed E-state index contributed by atoms with van der Waals surface area (Å²) in [6.07, 6.45) is 8.27. The van der Waals surface area contributed by atoms with E-state index in [1.165, 1.54) is 18.3 Å². The van der Waals surface area contributed by atoms with Gasteiger partial charge in [-0.3, -0.25) is 14.8 Å². The van der Waals surface area contributed by atoms with E-state index in [9.17, 15) is 8.78 Å². The van der Waals surface area contributed by atoms with Crippen molar-refractivity contribution in [3.8, 4) is 22.5 Å². The smallest absolute Gasteiger partial charge is 0.137 e. The summed E-state index contributed by atoms with van der Waals surface area (Å²) >= 11 is 0. The molecule has 1 aromatic carbocycles. The number of pyridine rings is 1. The summed E-state index contributed by atoms with van der Waals surface area (Å²) in [5.41, 5.74) is 2.71. The van der Waals surface area contributed by atoms with Crippen LogP contribution in [0.15, 0.2) is 36.8 Å². The molecule has 0 saturated heterocycles. The number of nitrogens with zero attached hydrogens (tertiary/aromatic N) is 4. The van der Waals surface area contributed by atoms with Crippen LogP contribution in [0.2, 0.25) is 0 Å². The molecule has 1 saturated carbocycles. The van der Waals surface area contributed by atoms with Crippen molar-refractivity contribution >= 4 is 16.6 Å². The number of aryl methyl sites for hydroxylation is 1. The minimum atomic E-state index is -0.639. The summed E-state index contributed by atoms with van der Waals surface area (Å²) in [6, 6.07) is 4.62. The predicted molar refractivity (Wildman–Crippen MR) is 103 cm³/mol. The normalized spacial score (nSPS) is 14.4. The molecule has 5 rings (SSSR count). The van der Waals surface area contributed by atoms with Gasteiger partial charge in [-0.1, -0.05) is 0 Å². The molecule has 1 aliphatic rings. The number of H-pyrrole nitrogens is 1. The van der Waals surface area contributed by atoms with Gasteiger partial charge in [-0.2, -0.15) is 10.2 Å². The van der Waals surface area contributed by atoms with Crippen LogP contribution < -0.4 is 5.32 Å². The van der Waals surface area contributed by atoms with E-state index in [4.69, 9.17) is 0 Å². The number of anilines is 1. The van der Waals surface area contributed by atoms with Crippen LogP contribution in [0.1, 0.15) is 19.3 Å². The van der Waals surface area contributed by atoms with Crippen molar-refractivity contribution in [1.82, 2.24) is 25.0 Å². The van der Waals surface area contributed by atoms with Gasteiger partial charge in [0.15, 0.2) is 0 Å². The van der Waals surface area contributed by atoms with Gasteiger partial charge in [0.25, 0.3) is 0 Å². The predicted octanol–water partition coefficient (Wildman–Crippen LogP) is 4.27. The van der Waals surface area contributed by atoms with Crippen LogP contribution in [0.5, 0.6) is 0 Å². The van der Waals surface area contributed by atoms with E-state index in [1.54, 1.807) is 16.9 Å². The lowest BCUT2D eigenvalue weighted by atomic mass is 9.93. The summed E-state index contributed by atoms with van der Waals surface area (Å²) in [7, 11) is 1.81. The second-order valence-electron chi connectivity index (χ2n) is 7.18. The molecule has 0 bridgehead atoms. The van der Waals surface area contributed by atoms with Crippen molar-refractivity contribution in [3.05, 3.63) is 48.4 Å². The number of nitrogens with one attached hydrogen (secondary N) is 2. The summed E-state index contributed by atoms with van der Waals surface area (Å²) < 4.78 is 31.2. The largest absolute Gasteiger partial charge is 0.382 e. The SMILES string of the molecule is Cn1cc(-c2n[nH]c3cnc(-c4c(F)cc(NC5CCC5)cc4F)cc23)cn1.